The number of ether oxygens (including phenoxy) is 1. The SMILES string of the molecule is CCOCC(N)Cc1cncc(Br)c1. The van der Waals surface area contributed by atoms with Crippen molar-refractivity contribution in [2.45, 2.75) is 19.4 Å². The van der Waals surface area contributed by atoms with Crippen molar-refractivity contribution in [3.05, 3.63) is 28.5 Å². The maximum Gasteiger partial charge on any atom is 0.0620 e. The fourth-order valence-electron chi connectivity index (χ4n) is 1.20. The Balaban J connectivity index is 2.43. The highest BCUT2D eigenvalue weighted by molar-refractivity contribution is 9.10. The Bertz CT molecular complexity index is 281. The number of halogens is 1. The first-order valence-electron chi connectivity index (χ1n) is 4.65. The Morgan fingerprint density at radius 2 is 2.36 bits per heavy atom. The van der Waals surface area contributed by atoms with Gasteiger partial charge in [-0.15, -0.1) is 0 Å². The van der Waals surface area contributed by atoms with E-state index in [1.54, 1.807) is 6.20 Å². The fraction of sp³-hybridized carbons (Fsp3) is 0.500. The first-order valence-corrected chi connectivity index (χ1v) is 5.44. The number of hydrogen-bond acceptors (Lipinski definition) is 3. The van der Waals surface area contributed by atoms with Gasteiger partial charge < -0.3 is 10.5 Å². The van der Waals surface area contributed by atoms with E-state index in [0.29, 0.717) is 13.2 Å². The standard InChI is InChI=1S/C10H15BrN2O/c1-2-14-7-10(12)4-8-3-9(11)6-13-5-8/h3,5-6,10H,2,4,7,12H2,1H3. The maximum atomic E-state index is 5.87. The Kier molecular flexibility index (Phi) is 5.07. The van der Waals surface area contributed by atoms with E-state index >= 15 is 0 Å². The second kappa shape index (κ2) is 6.11. The van der Waals surface area contributed by atoms with Gasteiger partial charge in [0.15, 0.2) is 0 Å². The summed E-state index contributed by atoms with van der Waals surface area (Å²) in [4.78, 5) is 4.07. The van der Waals surface area contributed by atoms with E-state index in [-0.39, 0.29) is 6.04 Å². The van der Waals surface area contributed by atoms with Crippen LogP contribution in [0.4, 0.5) is 0 Å². The van der Waals surface area contributed by atoms with Crippen molar-refractivity contribution in [2.24, 2.45) is 5.73 Å². The molecule has 0 aliphatic heterocycles. The second-order valence-corrected chi connectivity index (χ2v) is 4.05. The van der Waals surface area contributed by atoms with Gasteiger partial charge in [0, 0.05) is 29.5 Å². The molecule has 14 heavy (non-hydrogen) atoms. The molecule has 4 heteroatoms. The van der Waals surface area contributed by atoms with Crippen LogP contribution in [0.2, 0.25) is 0 Å². The molecule has 0 radical (unpaired) electrons. The molecule has 0 spiro atoms. The van der Waals surface area contributed by atoms with Gasteiger partial charge in [0.1, 0.15) is 0 Å². The molecule has 3 nitrogen and oxygen atoms in total. The summed E-state index contributed by atoms with van der Waals surface area (Å²) in [5.41, 5.74) is 7.00. The highest BCUT2D eigenvalue weighted by Gasteiger charge is 2.04. The Morgan fingerprint density at radius 3 is 3.00 bits per heavy atom. The zero-order valence-electron chi connectivity index (χ0n) is 8.24. The molecule has 1 atom stereocenters. The van der Waals surface area contributed by atoms with Gasteiger partial charge in [-0.05, 0) is 40.9 Å². The summed E-state index contributed by atoms with van der Waals surface area (Å²) in [5.74, 6) is 0. The number of rotatable bonds is 5. The quantitative estimate of drug-likeness (QED) is 0.876. The van der Waals surface area contributed by atoms with Crippen molar-refractivity contribution in [2.75, 3.05) is 13.2 Å². The Morgan fingerprint density at radius 1 is 1.57 bits per heavy atom. The normalized spacial score (nSPS) is 12.8. The molecule has 0 fully saturated rings. The molecule has 0 bridgehead atoms. The lowest BCUT2D eigenvalue weighted by atomic mass is 10.1. The van der Waals surface area contributed by atoms with Crippen LogP contribution in [0.3, 0.4) is 0 Å². The molecule has 0 amide bonds. The van der Waals surface area contributed by atoms with E-state index in [1.165, 1.54) is 0 Å². The van der Waals surface area contributed by atoms with E-state index in [9.17, 15) is 0 Å². The van der Waals surface area contributed by atoms with Gasteiger partial charge in [-0.2, -0.15) is 0 Å². The molecular formula is C10H15BrN2O. The molecule has 0 saturated carbocycles. The van der Waals surface area contributed by atoms with Crippen LogP contribution in [0.5, 0.6) is 0 Å². The van der Waals surface area contributed by atoms with Crippen LogP contribution in [0.15, 0.2) is 22.9 Å². The zero-order valence-corrected chi connectivity index (χ0v) is 9.83. The molecule has 1 heterocycles. The third kappa shape index (κ3) is 4.17. The minimum Gasteiger partial charge on any atom is -0.380 e. The predicted octanol–water partition coefficient (Wildman–Crippen LogP) is 1.75. The molecule has 0 aliphatic rings. The third-order valence-electron chi connectivity index (χ3n) is 1.80. The Labute approximate surface area is 92.8 Å². The highest BCUT2D eigenvalue weighted by Crippen LogP contribution is 2.10. The molecule has 0 aromatic carbocycles. The number of hydrogen-bond donors (Lipinski definition) is 1. The van der Waals surface area contributed by atoms with E-state index < -0.39 is 0 Å². The minimum absolute atomic E-state index is 0.0473. The summed E-state index contributed by atoms with van der Waals surface area (Å²) in [5, 5.41) is 0. The van der Waals surface area contributed by atoms with Crippen molar-refractivity contribution >= 4 is 15.9 Å². The van der Waals surface area contributed by atoms with Crippen LogP contribution in [0.25, 0.3) is 0 Å². The summed E-state index contributed by atoms with van der Waals surface area (Å²) < 4.78 is 6.23. The average Bonchev–Trinajstić information content (AvgIpc) is 2.15. The van der Waals surface area contributed by atoms with Gasteiger partial charge in [0.2, 0.25) is 0 Å². The summed E-state index contributed by atoms with van der Waals surface area (Å²) >= 11 is 3.37. The molecule has 78 valence electrons. The van der Waals surface area contributed by atoms with Gasteiger partial charge in [0.25, 0.3) is 0 Å². The topological polar surface area (TPSA) is 48.1 Å². The van der Waals surface area contributed by atoms with Crippen LogP contribution >= 0.6 is 15.9 Å². The lowest BCUT2D eigenvalue weighted by Gasteiger charge is -2.10. The first kappa shape index (κ1) is 11.6. The van der Waals surface area contributed by atoms with Gasteiger partial charge in [0.05, 0.1) is 6.61 Å². The van der Waals surface area contributed by atoms with Gasteiger partial charge >= 0.3 is 0 Å². The molecule has 2 N–H and O–H groups in total. The van der Waals surface area contributed by atoms with Crippen molar-refractivity contribution in [1.82, 2.24) is 4.98 Å². The van der Waals surface area contributed by atoms with E-state index in [0.717, 1.165) is 16.5 Å². The minimum atomic E-state index is 0.0473. The average molecular weight is 259 g/mol. The molecule has 0 aliphatic carbocycles. The smallest absolute Gasteiger partial charge is 0.0620 e. The van der Waals surface area contributed by atoms with Crippen LogP contribution in [0, 0.1) is 0 Å². The largest absolute Gasteiger partial charge is 0.380 e. The monoisotopic (exact) mass is 258 g/mol. The van der Waals surface area contributed by atoms with Crippen LogP contribution < -0.4 is 5.73 Å². The van der Waals surface area contributed by atoms with Gasteiger partial charge in [-0.25, -0.2) is 0 Å². The summed E-state index contributed by atoms with van der Waals surface area (Å²) in [6, 6.07) is 2.07. The van der Waals surface area contributed by atoms with Crippen molar-refractivity contribution < 1.29 is 4.74 Å². The Hall–Kier alpha value is -0.450. The van der Waals surface area contributed by atoms with Crippen molar-refractivity contribution in [1.29, 1.82) is 0 Å². The first-order chi connectivity index (χ1) is 6.72. The number of aromatic nitrogens is 1. The lowest BCUT2D eigenvalue weighted by Crippen LogP contribution is -2.28. The molecule has 1 aromatic heterocycles. The van der Waals surface area contributed by atoms with Crippen LogP contribution in [-0.2, 0) is 11.2 Å². The summed E-state index contributed by atoms with van der Waals surface area (Å²) in [6.07, 6.45) is 4.39. The highest BCUT2D eigenvalue weighted by atomic mass is 79.9. The summed E-state index contributed by atoms with van der Waals surface area (Å²) in [6.45, 7) is 3.28. The molecule has 1 aromatic rings. The summed E-state index contributed by atoms with van der Waals surface area (Å²) in [7, 11) is 0. The fourth-order valence-corrected chi connectivity index (χ4v) is 1.61. The number of nitrogens with two attached hydrogens (primary N) is 1. The second-order valence-electron chi connectivity index (χ2n) is 3.14. The van der Waals surface area contributed by atoms with Gasteiger partial charge in [-0.1, -0.05) is 0 Å². The van der Waals surface area contributed by atoms with Crippen molar-refractivity contribution in [3.63, 3.8) is 0 Å². The maximum absolute atomic E-state index is 5.87. The molecule has 1 unspecified atom stereocenters. The number of nitrogens with zero attached hydrogens (tertiary/aromatic N) is 1. The predicted molar refractivity (Wildman–Crippen MR) is 60.1 cm³/mol. The molecule has 1 rings (SSSR count). The van der Waals surface area contributed by atoms with E-state index in [1.807, 2.05) is 19.2 Å². The van der Waals surface area contributed by atoms with Crippen molar-refractivity contribution in [3.8, 4) is 0 Å². The number of pyridine rings is 1. The van der Waals surface area contributed by atoms with E-state index in [2.05, 4.69) is 20.9 Å². The zero-order chi connectivity index (χ0) is 10.4. The van der Waals surface area contributed by atoms with E-state index in [4.69, 9.17) is 10.5 Å². The lowest BCUT2D eigenvalue weighted by molar-refractivity contribution is 0.133. The van der Waals surface area contributed by atoms with Crippen LogP contribution in [-0.4, -0.2) is 24.2 Å². The molecule has 0 saturated heterocycles. The third-order valence-corrected chi connectivity index (χ3v) is 2.23. The molecular weight excluding hydrogens is 244 g/mol. The van der Waals surface area contributed by atoms with Crippen LogP contribution in [0.1, 0.15) is 12.5 Å². The van der Waals surface area contributed by atoms with Gasteiger partial charge in [-0.3, -0.25) is 4.98 Å².